The second kappa shape index (κ2) is 8.18. The Morgan fingerprint density at radius 1 is 1.09 bits per heavy atom. The normalized spacial score (nSPS) is 11.9. The average Bonchev–Trinajstić information content (AvgIpc) is 2.52. The number of hydrogen-bond donors (Lipinski definition) is 0. The van der Waals surface area contributed by atoms with Gasteiger partial charge in [0, 0.05) is 28.0 Å². The number of carboxylic acids is 1. The van der Waals surface area contributed by atoms with Crippen LogP contribution in [0.25, 0.3) is 0 Å². The first-order valence-corrected chi connectivity index (χ1v) is 8.55. The van der Waals surface area contributed by atoms with Crippen LogP contribution >= 0.6 is 23.4 Å². The molecule has 0 bridgehead atoms. The van der Waals surface area contributed by atoms with E-state index in [1.165, 1.54) is 11.8 Å². The fraction of sp³-hybridized carbons (Fsp3) is 0.222. The first kappa shape index (κ1) is 17.6. The van der Waals surface area contributed by atoms with E-state index in [0.29, 0.717) is 10.6 Å². The van der Waals surface area contributed by atoms with Gasteiger partial charge < -0.3 is 9.90 Å². The molecule has 5 heteroatoms. The summed E-state index contributed by atoms with van der Waals surface area (Å²) in [7, 11) is 0. The molecule has 1 unspecified atom stereocenters. The molecule has 0 heterocycles. The molecule has 0 aliphatic heterocycles. The number of carbonyl (C=O) groups is 2. The first-order valence-electron chi connectivity index (χ1n) is 7.12. The van der Waals surface area contributed by atoms with E-state index in [4.69, 9.17) is 11.6 Å². The molecule has 0 spiro atoms. The van der Waals surface area contributed by atoms with Gasteiger partial charge in [-0.3, -0.25) is 4.79 Å². The smallest absolute Gasteiger partial charge is 0.164 e. The van der Waals surface area contributed by atoms with Crippen LogP contribution < -0.4 is 5.11 Å². The van der Waals surface area contributed by atoms with Crippen LogP contribution in [0.3, 0.4) is 0 Å². The molecule has 0 N–H and O–H groups in total. The van der Waals surface area contributed by atoms with Crippen LogP contribution in [0.15, 0.2) is 48.5 Å². The van der Waals surface area contributed by atoms with Gasteiger partial charge in [0.15, 0.2) is 5.78 Å². The molecule has 0 radical (unpaired) electrons. The molecule has 2 aromatic rings. The number of rotatable bonds is 7. The Balaban J connectivity index is 2.16. The number of Topliss-reactive ketones (excluding diaryl/α,β-unsaturated/α-hetero) is 1. The summed E-state index contributed by atoms with van der Waals surface area (Å²) in [6.07, 6.45) is 0.225. The molecule has 0 amide bonds. The van der Waals surface area contributed by atoms with Crippen molar-refractivity contribution in [2.45, 2.75) is 18.6 Å². The maximum absolute atomic E-state index is 12.4. The lowest BCUT2D eigenvalue weighted by Gasteiger charge is -2.17. The second-order valence-corrected chi connectivity index (χ2v) is 6.84. The fourth-order valence-electron chi connectivity index (χ4n) is 2.14. The van der Waals surface area contributed by atoms with E-state index >= 15 is 0 Å². The Hall–Kier alpha value is -1.78. The number of aryl methyl sites for hydroxylation is 1. The third-order valence-electron chi connectivity index (χ3n) is 3.39. The van der Waals surface area contributed by atoms with Crippen LogP contribution in [-0.4, -0.2) is 17.5 Å². The van der Waals surface area contributed by atoms with E-state index in [9.17, 15) is 14.7 Å². The van der Waals surface area contributed by atoms with Crippen molar-refractivity contribution in [1.82, 2.24) is 0 Å². The lowest BCUT2D eigenvalue weighted by molar-refractivity contribution is -0.301. The van der Waals surface area contributed by atoms with Crippen molar-refractivity contribution < 1.29 is 14.7 Å². The van der Waals surface area contributed by atoms with Gasteiger partial charge in [-0.2, -0.15) is 0 Å². The standard InChI is InChI=1S/C18H17ClO3S/c1-12-2-4-13(5-3-12)16(20)10-17(23-11-18(21)22)14-6-8-15(19)9-7-14/h2-9,17H,10-11H2,1H3,(H,21,22)/p-1. The topological polar surface area (TPSA) is 57.2 Å². The van der Waals surface area contributed by atoms with Gasteiger partial charge in [-0.05, 0) is 24.6 Å². The zero-order valence-corrected chi connectivity index (χ0v) is 14.2. The minimum absolute atomic E-state index is 0.0178. The SMILES string of the molecule is Cc1ccc(C(=O)CC(SCC(=O)[O-])c2ccc(Cl)cc2)cc1. The van der Waals surface area contributed by atoms with Crippen molar-refractivity contribution in [3.05, 3.63) is 70.2 Å². The molecule has 0 saturated carbocycles. The van der Waals surface area contributed by atoms with Gasteiger partial charge in [0.25, 0.3) is 0 Å². The van der Waals surface area contributed by atoms with Crippen LogP contribution in [-0.2, 0) is 4.79 Å². The summed E-state index contributed by atoms with van der Waals surface area (Å²) < 4.78 is 0. The summed E-state index contributed by atoms with van der Waals surface area (Å²) in [5, 5.41) is 11.1. The highest BCUT2D eigenvalue weighted by molar-refractivity contribution is 8.00. The van der Waals surface area contributed by atoms with E-state index in [0.717, 1.165) is 11.1 Å². The molecule has 2 rings (SSSR count). The molecular formula is C18H16ClO3S-. The number of halogens is 1. The van der Waals surface area contributed by atoms with E-state index in [2.05, 4.69) is 0 Å². The average molecular weight is 348 g/mol. The minimum Gasteiger partial charge on any atom is -0.549 e. The summed E-state index contributed by atoms with van der Waals surface area (Å²) in [4.78, 5) is 23.2. The Morgan fingerprint density at radius 3 is 2.26 bits per heavy atom. The zero-order chi connectivity index (χ0) is 16.8. The quantitative estimate of drug-likeness (QED) is 0.720. The lowest BCUT2D eigenvalue weighted by atomic mass is 10.0. The van der Waals surface area contributed by atoms with Gasteiger partial charge in [-0.15, -0.1) is 11.8 Å². The molecule has 0 aliphatic rings. The van der Waals surface area contributed by atoms with Crippen LogP contribution in [0, 0.1) is 6.92 Å². The molecule has 23 heavy (non-hydrogen) atoms. The van der Waals surface area contributed by atoms with Gasteiger partial charge in [-0.1, -0.05) is 53.6 Å². The highest BCUT2D eigenvalue weighted by atomic mass is 35.5. The molecule has 1 atom stereocenters. The zero-order valence-electron chi connectivity index (χ0n) is 12.6. The maximum atomic E-state index is 12.4. The Bertz CT molecular complexity index is 680. The third-order valence-corrected chi connectivity index (χ3v) is 4.88. The highest BCUT2D eigenvalue weighted by Crippen LogP contribution is 2.33. The van der Waals surface area contributed by atoms with Crippen molar-refractivity contribution in [3.63, 3.8) is 0 Å². The van der Waals surface area contributed by atoms with Crippen molar-refractivity contribution in [2.24, 2.45) is 0 Å². The summed E-state index contributed by atoms with van der Waals surface area (Å²) >= 11 is 7.07. The summed E-state index contributed by atoms with van der Waals surface area (Å²) in [6, 6.07) is 14.5. The predicted molar refractivity (Wildman–Crippen MR) is 91.8 cm³/mol. The molecule has 0 aromatic heterocycles. The summed E-state index contributed by atoms with van der Waals surface area (Å²) in [5.41, 5.74) is 2.59. The van der Waals surface area contributed by atoms with E-state index in [1.54, 1.807) is 24.3 Å². The molecule has 0 aliphatic carbocycles. The highest BCUT2D eigenvalue weighted by Gasteiger charge is 2.18. The summed E-state index contributed by atoms with van der Waals surface area (Å²) in [6.45, 7) is 1.96. The number of ketones is 1. The van der Waals surface area contributed by atoms with Gasteiger partial charge in [0.1, 0.15) is 0 Å². The number of aliphatic carboxylic acids is 1. The van der Waals surface area contributed by atoms with E-state index in [1.807, 2.05) is 31.2 Å². The van der Waals surface area contributed by atoms with Crippen LogP contribution in [0.1, 0.15) is 33.2 Å². The molecule has 120 valence electrons. The van der Waals surface area contributed by atoms with Crippen LogP contribution in [0.4, 0.5) is 0 Å². The Kier molecular flexibility index (Phi) is 6.25. The summed E-state index contributed by atoms with van der Waals surface area (Å²) in [5.74, 6) is -1.32. The van der Waals surface area contributed by atoms with Crippen LogP contribution in [0.5, 0.6) is 0 Å². The maximum Gasteiger partial charge on any atom is 0.164 e. The van der Waals surface area contributed by atoms with Gasteiger partial charge in [-0.25, -0.2) is 0 Å². The van der Waals surface area contributed by atoms with Crippen molar-refractivity contribution in [3.8, 4) is 0 Å². The Morgan fingerprint density at radius 2 is 1.70 bits per heavy atom. The number of thioether (sulfide) groups is 1. The number of hydrogen-bond acceptors (Lipinski definition) is 4. The predicted octanol–water partition coefficient (Wildman–Crippen LogP) is 3.45. The Labute approximate surface area is 144 Å². The monoisotopic (exact) mass is 347 g/mol. The largest absolute Gasteiger partial charge is 0.549 e. The molecule has 0 fully saturated rings. The van der Waals surface area contributed by atoms with Crippen LogP contribution in [0.2, 0.25) is 5.02 Å². The fourth-order valence-corrected chi connectivity index (χ4v) is 3.23. The van der Waals surface area contributed by atoms with Gasteiger partial charge in [0.05, 0.1) is 5.97 Å². The second-order valence-electron chi connectivity index (χ2n) is 5.22. The van der Waals surface area contributed by atoms with E-state index in [-0.39, 0.29) is 23.2 Å². The first-order chi connectivity index (χ1) is 11.0. The molecule has 3 nitrogen and oxygen atoms in total. The minimum atomic E-state index is -1.14. The van der Waals surface area contributed by atoms with Crippen molar-refractivity contribution >= 4 is 35.1 Å². The third kappa shape index (κ3) is 5.41. The number of carbonyl (C=O) groups excluding carboxylic acids is 2. The molecular weight excluding hydrogens is 332 g/mol. The van der Waals surface area contributed by atoms with Crippen molar-refractivity contribution in [2.75, 3.05) is 5.75 Å². The molecule has 0 saturated heterocycles. The van der Waals surface area contributed by atoms with Gasteiger partial charge in [0.2, 0.25) is 0 Å². The van der Waals surface area contributed by atoms with Crippen molar-refractivity contribution in [1.29, 1.82) is 0 Å². The number of benzene rings is 2. The van der Waals surface area contributed by atoms with Gasteiger partial charge >= 0.3 is 0 Å². The molecule has 2 aromatic carbocycles. The van der Waals surface area contributed by atoms with E-state index < -0.39 is 5.97 Å². The number of carboxylic acid groups (broad SMARTS) is 1. The lowest BCUT2D eigenvalue weighted by Crippen LogP contribution is -2.25.